The summed E-state index contributed by atoms with van der Waals surface area (Å²) < 4.78 is 2.05. The molecule has 1 aliphatic rings. The summed E-state index contributed by atoms with van der Waals surface area (Å²) in [6, 6.07) is 0. The van der Waals surface area contributed by atoms with E-state index >= 15 is 0 Å². The Morgan fingerprint density at radius 3 is 2.89 bits per heavy atom. The Morgan fingerprint density at radius 1 is 1.50 bits per heavy atom. The lowest BCUT2D eigenvalue weighted by atomic mass is 9.90. The van der Waals surface area contributed by atoms with Gasteiger partial charge in [0, 0.05) is 31.4 Å². The predicted octanol–water partition coefficient (Wildman–Crippen LogP) is 1.71. The van der Waals surface area contributed by atoms with Crippen LogP contribution in [0.2, 0.25) is 0 Å². The SMILES string of the molecule is CC(C)Cn1cc(CN2CCC(C)(CN)C2)cn1. The van der Waals surface area contributed by atoms with Gasteiger partial charge in [-0.05, 0) is 30.8 Å². The highest BCUT2D eigenvalue weighted by Crippen LogP contribution is 2.29. The molecule has 0 radical (unpaired) electrons. The van der Waals surface area contributed by atoms with Gasteiger partial charge in [0.05, 0.1) is 6.20 Å². The lowest BCUT2D eigenvalue weighted by molar-refractivity contribution is 0.274. The third kappa shape index (κ3) is 3.33. The largest absolute Gasteiger partial charge is 0.330 e. The van der Waals surface area contributed by atoms with Gasteiger partial charge in [0.25, 0.3) is 0 Å². The Hall–Kier alpha value is -0.870. The fraction of sp³-hybridized carbons (Fsp3) is 0.786. The molecular weight excluding hydrogens is 224 g/mol. The van der Waals surface area contributed by atoms with Crippen LogP contribution in [-0.2, 0) is 13.1 Å². The Bertz CT molecular complexity index is 385. The molecule has 4 heteroatoms. The second kappa shape index (κ2) is 5.41. The molecule has 1 saturated heterocycles. The minimum Gasteiger partial charge on any atom is -0.330 e. The smallest absolute Gasteiger partial charge is 0.0534 e. The lowest BCUT2D eigenvalue weighted by Crippen LogP contribution is -2.31. The quantitative estimate of drug-likeness (QED) is 0.865. The van der Waals surface area contributed by atoms with E-state index < -0.39 is 0 Å². The van der Waals surface area contributed by atoms with Gasteiger partial charge in [-0.15, -0.1) is 0 Å². The monoisotopic (exact) mass is 250 g/mol. The lowest BCUT2D eigenvalue weighted by Gasteiger charge is -2.22. The van der Waals surface area contributed by atoms with E-state index in [0.717, 1.165) is 32.7 Å². The number of hydrogen-bond donors (Lipinski definition) is 1. The van der Waals surface area contributed by atoms with E-state index in [0.29, 0.717) is 11.3 Å². The molecular formula is C14H26N4. The molecule has 0 aromatic carbocycles. The zero-order valence-corrected chi connectivity index (χ0v) is 11.9. The van der Waals surface area contributed by atoms with Gasteiger partial charge in [-0.1, -0.05) is 20.8 Å². The zero-order chi connectivity index (χ0) is 13.2. The topological polar surface area (TPSA) is 47.1 Å². The van der Waals surface area contributed by atoms with Gasteiger partial charge in [-0.2, -0.15) is 5.10 Å². The first kappa shape index (κ1) is 13.6. The predicted molar refractivity (Wildman–Crippen MR) is 74.1 cm³/mol. The van der Waals surface area contributed by atoms with Crippen molar-refractivity contribution in [2.75, 3.05) is 19.6 Å². The van der Waals surface area contributed by atoms with E-state index in [4.69, 9.17) is 5.73 Å². The molecule has 1 aromatic rings. The van der Waals surface area contributed by atoms with Crippen LogP contribution in [0, 0.1) is 11.3 Å². The molecule has 4 nitrogen and oxygen atoms in total. The average molecular weight is 250 g/mol. The van der Waals surface area contributed by atoms with Crippen molar-refractivity contribution in [3.8, 4) is 0 Å². The average Bonchev–Trinajstić information content (AvgIpc) is 2.87. The molecule has 0 aliphatic carbocycles. The van der Waals surface area contributed by atoms with Gasteiger partial charge in [0.15, 0.2) is 0 Å². The normalized spacial score (nSPS) is 25.2. The number of nitrogens with zero attached hydrogens (tertiary/aromatic N) is 3. The number of aromatic nitrogens is 2. The van der Waals surface area contributed by atoms with Gasteiger partial charge in [0.1, 0.15) is 0 Å². The maximum Gasteiger partial charge on any atom is 0.0534 e. The van der Waals surface area contributed by atoms with Crippen molar-refractivity contribution in [2.45, 2.75) is 40.3 Å². The Balaban J connectivity index is 1.89. The summed E-state index contributed by atoms with van der Waals surface area (Å²) in [7, 11) is 0. The molecule has 1 unspecified atom stereocenters. The molecule has 0 amide bonds. The van der Waals surface area contributed by atoms with Crippen molar-refractivity contribution in [3.63, 3.8) is 0 Å². The molecule has 2 heterocycles. The molecule has 2 rings (SSSR count). The van der Waals surface area contributed by atoms with Crippen molar-refractivity contribution >= 4 is 0 Å². The van der Waals surface area contributed by atoms with Crippen LogP contribution in [0.4, 0.5) is 0 Å². The molecule has 0 spiro atoms. The van der Waals surface area contributed by atoms with Crippen molar-refractivity contribution < 1.29 is 0 Å². The summed E-state index contributed by atoms with van der Waals surface area (Å²) >= 11 is 0. The third-order valence-corrected chi connectivity index (χ3v) is 3.77. The van der Waals surface area contributed by atoms with Crippen LogP contribution in [0.15, 0.2) is 12.4 Å². The third-order valence-electron chi connectivity index (χ3n) is 3.77. The molecule has 1 aromatic heterocycles. The second-order valence-electron chi connectivity index (χ2n) is 6.44. The summed E-state index contributed by atoms with van der Waals surface area (Å²) in [4.78, 5) is 2.49. The summed E-state index contributed by atoms with van der Waals surface area (Å²) in [6.07, 6.45) is 5.39. The number of likely N-dealkylation sites (tertiary alicyclic amines) is 1. The van der Waals surface area contributed by atoms with E-state index in [9.17, 15) is 0 Å². The Labute approximate surface area is 110 Å². The molecule has 1 fully saturated rings. The van der Waals surface area contributed by atoms with Gasteiger partial charge in [-0.25, -0.2) is 0 Å². The fourth-order valence-electron chi connectivity index (χ4n) is 2.65. The Kier molecular flexibility index (Phi) is 4.07. The standard InChI is InChI=1S/C14H26N4/c1-12(2)7-18-9-13(6-16-18)8-17-5-4-14(3,10-15)11-17/h6,9,12H,4-5,7-8,10-11,15H2,1-3H3. The Morgan fingerprint density at radius 2 is 2.28 bits per heavy atom. The summed E-state index contributed by atoms with van der Waals surface area (Å²) in [5, 5.41) is 4.42. The van der Waals surface area contributed by atoms with E-state index in [1.54, 1.807) is 0 Å². The van der Waals surface area contributed by atoms with Gasteiger partial charge in [0.2, 0.25) is 0 Å². The number of nitrogens with two attached hydrogens (primary N) is 1. The first-order valence-corrected chi connectivity index (χ1v) is 6.94. The van der Waals surface area contributed by atoms with Crippen LogP contribution >= 0.6 is 0 Å². The second-order valence-corrected chi connectivity index (χ2v) is 6.44. The van der Waals surface area contributed by atoms with E-state index in [-0.39, 0.29) is 0 Å². The van der Waals surface area contributed by atoms with Crippen LogP contribution in [0.3, 0.4) is 0 Å². The fourth-order valence-corrected chi connectivity index (χ4v) is 2.65. The maximum absolute atomic E-state index is 5.84. The van der Waals surface area contributed by atoms with Crippen LogP contribution < -0.4 is 5.73 Å². The highest BCUT2D eigenvalue weighted by molar-refractivity contribution is 5.05. The molecule has 102 valence electrons. The van der Waals surface area contributed by atoms with Gasteiger partial charge < -0.3 is 5.73 Å². The molecule has 0 saturated carbocycles. The van der Waals surface area contributed by atoms with Crippen molar-refractivity contribution in [1.82, 2.24) is 14.7 Å². The van der Waals surface area contributed by atoms with Crippen molar-refractivity contribution in [1.29, 1.82) is 0 Å². The van der Waals surface area contributed by atoms with E-state index in [2.05, 4.69) is 41.6 Å². The molecule has 18 heavy (non-hydrogen) atoms. The van der Waals surface area contributed by atoms with Crippen molar-refractivity contribution in [2.24, 2.45) is 17.1 Å². The summed E-state index contributed by atoms with van der Waals surface area (Å²) in [6.45, 7) is 11.8. The summed E-state index contributed by atoms with van der Waals surface area (Å²) in [5.41, 5.74) is 7.47. The van der Waals surface area contributed by atoms with E-state index in [1.807, 2.05) is 6.20 Å². The van der Waals surface area contributed by atoms with Crippen LogP contribution in [0.25, 0.3) is 0 Å². The first-order chi connectivity index (χ1) is 8.50. The highest BCUT2D eigenvalue weighted by Gasteiger charge is 2.32. The van der Waals surface area contributed by atoms with Gasteiger partial charge >= 0.3 is 0 Å². The summed E-state index contributed by atoms with van der Waals surface area (Å²) in [5.74, 6) is 0.644. The van der Waals surface area contributed by atoms with Crippen LogP contribution in [0.5, 0.6) is 0 Å². The van der Waals surface area contributed by atoms with Crippen molar-refractivity contribution in [3.05, 3.63) is 18.0 Å². The minimum absolute atomic E-state index is 0.313. The van der Waals surface area contributed by atoms with Gasteiger partial charge in [-0.3, -0.25) is 9.58 Å². The number of hydrogen-bond acceptors (Lipinski definition) is 3. The zero-order valence-electron chi connectivity index (χ0n) is 11.9. The maximum atomic E-state index is 5.84. The number of rotatable bonds is 5. The highest BCUT2D eigenvalue weighted by atomic mass is 15.3. The molecule has 1 atom stereocenters. The molecule has 1 aliphatic heterocycles. The minimum atomic E-state index is 0.313. The molecule has 2 N–H and O–H groups in total. The van der Waals surface area contributed by atoms with Crippen LogP contribution in [-0.4, -0.2) is 34.3 Å². The van der Waals surface area contributed by atoms with Crippen LogP contribution in [0.1, 0.15) is 32.8 Å². The first-order valence-electron chi connectivity index (χ1n) is 6.94. The molecule has 0 bridgehead atoms. The van der Waals surface area contributed by atoms with E-state index in [1.165, 1.54) is 12.0 Å².